The number of aromatic nitrogens is 1. The third-order valence-electron chi connectivity index (χ3n) is 2.99. The quantitative estimate of drug-likeness (QED) is 0.747. The van der Waals surface area contributed by atoms with Gasteiger partial charge in [-0.25, -0.2) is 0 Å². The maximum absolute atomic E-state index is 6.05. The SMILES string of the molecule is CCC(N)C1CCc2cccnc21. The van der Waals surface area contributed by atoms with E-state index in [-0.39, 0.29) is 6.04 Å². The predicted molar refractivity (Wildman–Crippen MR) is 53.6 cm³/mol. The van der Waals surface area contributed by atoms with Gasteiger partial charge in [0.1, 0.15) is 0 Å². The van der Waals surface area contributed by atoms with Crippen molar-refractivity contribution in [3.05, 3.63) is 29.6 Å². The Morgan fingerprint density at radius 3 is 3.31 bits per heavy atom. The molecule has 70 valence electrons. The van der Waals surface area contributed by atoms with Crippen LogP contribution in [0.3, 0.4) is 0 Å². The molecular formula is C11H16N2. The van der Waals surface area contributed by atoms with Crippen molar-refractivity contribution in [2.75, 3.05) is 0 Å². The molecule has 13 heavy (non-hydrogen) atoms. The van der Waals surface area contributed by atoms with Crippen LogP contribution in [0.25, 0.3) is 0 Å². The summed E-state index contributed by atoms with van der Waals surface area (Å²) in [6.07, 6.45) is 5.25. The minimum absolute atomic E-state index is 0.288. The fourth-order valence-corrected chi connectivity index (χ4v) is 2.15. The molecule has 2 rings (SSSR count). The third-order valence-corrected chi connectivity index (χ3v) is 2.99. The van der Waals surface area contributed by atoms with E-state index in [1.165, 1.54) is 17.7 Å². The molecule has 1 aliphatic carbocycles. The highest BCUT2D eigenvalue weighted by Gasteiger charge is 2.27. The summed E-state index contributed by atoms with van der Waals surface area (Å²) in [4.78, 5) is 4.43. The Hall–Kier alpha value is -0.890. The molecule has 2 heteroatoms. The van der Waals surface area contributed by atoms with Crippen molar-refractivity contribution in [2.45, 2.75) is 38.1 Å². The maximum atomic E-state index is 6.05. The van der Waals surface area contributed by atoms with Gasteiger partial charge in [0.2, 0.25) is 0 Å². The monoisotopic (exact) mass is 176 g/mol. The maximum Gasteiger partial charge on any atom is 0.0482 e. The second-order valence-corrected chi connectivity index (χ2v) is 3.77. The van der Waals surface area contributed by atoms with Gasteiger partial charge in [0.25, 0.3) is 0 Å². The number of nitrogens with two attached hydrogens (primary N) is 1. The summed E-state index contributed by atoms with van der Waals surface area (Å²) < 4.78 is 0. The molecule has 0 aromatic carbocycles. The molecule has 1 aliphatic rings. The smallest absolute Gasteiger partial charge is 0.0482 e. The molecule has 0 spiro atoms. The van der Waals surface area contributed by atoms with E-state index in [4.69, 9.17) is 5.73 Å². The minimum Gasteiger partial charge on any atom is -0.327 e. The highest BCUT2D eigenvalue weighted by Crippen LogP contribution is 2.33. The summed E-state index contributed by atoms with van der Waals surface area (Å²) in [6.45, 7) is 2.14. The highest BCUT2D eigenvalue weighted by atomic mass is 14.7. The largest absolute Gasteiger partial charge is 0.327 e. The summed E-state index contributed by atoms with van der Waals surface area (Å²) in [5.41, 5.74) is 8.70. The molecule has 0 saturated carbocycles. The Morgan fingerprint density at radius 2 is 2.54 bits per heavy atom. The van der Waals surface area contributed by atoms with E-state index < -0.39 is 0 Å². The van der Waals surface area contributed by atoms with E-state index in [0.717, 1.165) is 12.8 Å². The van der Waals surface area contributed by atoms with E-state index >= 15 is 0 Å². The standard InChI is InChI=1S/C11H16N2/c1-2-10(12)9-6-5-8-4-3-7-13-11(8)9/h3-4,7,9-10H,2,5-6,12H2,1H3. The molecule has 0 bridgehead atoms. The first kappa shape index (κ1) is 8.70. The molecular weight excluding hydrogens is 160 g/mol. The van der Waals surface area contributed by atoms with Crippen LogP contribution in [0.1, 0.15) is 36.9 Å². The Kier molecular flexibility index (Phi) is 2.32. The highest BCUT2D eigenvalue weighted by molar-refractivity contribution is 5.29. The van der Waals surface area contributed by atoms with E-state index in [9.17, 15) is 0 Å². The van der Waals surface area contributed by atoms with Gasteiger partial charge in [-0.3, -0.25) is 4.98 Å². The van der Waals surface area contributed by atoms with Crippen molar-refractivity contribution in [1.29, 1.82) is 0 Å². The fourth-order valence-electron chi connectivity index (χ4n) is 2.15. The van der Waals surface area contributed by atoms with E-state index in [1.807, 2.05) is 12.3 Å². The summed E-state index contributed by atoms with van der Waals surface area (Å²) in [7, 11) is 0. The molecule has 0 aliphatic heterocycles. The molecule has 0 amide bonds. The van der Waals surface area contributed by atoms with Crippen molar-refractivity contribution < 1.29 is 0 Å². The normalized spacial score (nSPS) is 22.8. The summed E-state index contributed by atoms with van der Waals surface area (Å²) in [6, 6.07) is 4.47. The topological polar surface area (TPSA) is 38.9 Å². The molecule has 0 saturated heterocycles. The van der Waals surface area contributed by atoms with E-state index in [1.54, 1.807) is 0 Å². The van der Waals surface area contributed by atoms with Gasteiger partial charge >= 0.3 is 0 Å². The number of aryl methyl sites for hydroxylation is 1. The summed E-state index contributed by atoms with van der Waals surface area (Å²) >= 11 is 0. The number of rotatable bonds is 2. The molecule has 0 radical (unpaired) electrons. The van der Waals surface area contributed by atoms with E-state index in [2.05, 4.69) is 18.0 Å². The first-order chi connectivity index (χ1) is 6.33. The third kappa shape index (κ3) is 1.46. The Labute approximate surface area is 79.2 Å². The van der Waals surface area contributed by atoms with Crippen LogP contribution >= 0.6 is 0 Å². The van der Waals surface area contributed by atoms with Gasteiger partial charge in [-0.2, -0.15) is 0 Å². The van der Waals surface area contributed by atoms with Gasteiger partial charge in [0, 0.05) is 23.9 Å². The molecule has 2 atom stereocenters. The zero-order chi connectivity index (χ0) is 9.26. The van der Waals surface area contributed by atoms with Crippen LogP contribution in [-0.2, 0) is 6.42 Å². The van der Waals surface area contributed by atoms with Crippen LogP contribution < -0.4 is 5.73 Å². The first-order valence-electron chi connectivity index (χ1n) is 5.02. The second kappa shape index (κ2) is 3.46. The Morgan fingerprint density at radius 1 is 1.69 bits per heavy atom. The van der Waals surface area contributed by atoms with Crippen LogP contribution in [-0.4, -0.2) is 11.0 Å². The Bertz CT molecular complexity index is 296. The van der Waals surface area contributed by atoms with Crippen molar-refractivity contribution in [3.8, 4) is 0 Å². The first-order valence-corrected chi connectivity index (χ1v) is 5.02. The molecule has 1 heterocycles. The van der Waals surface area contributed by atoms with Gasteiger partial charge in [-0.1, -0.05) is 13.0 Å². The number of nitrogens with zero attached hydrogens (tertiary/aromatic N) is 1. The molecule has 0 fully saturated rings. The molecule has 2 nitrogen and oxygen atoms in total. The molecule has 2 N–H and O–H groups in total. The van der Waals surface area contributed by atoms with Gasteiger partial charge in [0.05, 0.1) is 0 Å². The van der Waals surface area contributed by atoms with Crippen LogP contribution in [0.15, 0.2) is 18.3 Å². The molecule has 1 aromatic heterocycles. The van der Waals surface area contributed by atoms with Gasteiger partial charge < -0.3 is 5.73 Å². The van der Waals surface area contributed by atoms with E-state index in [0.29, 0.717) is 5.92 Å². The predicted octanol–water partition coefficient (Wildman–Crippen LogP) is 1.85. The lowest BCUT2D eigenvalue weighted by molar-refractivity contribution is 0.507. The van der Waals surface area contributed by atoms with Crippen molar-refractivity contribution in [2.24, 2.45) is 5.73 Å². The molecule has 1 aromatic rings. The molecule has 2 unspecified atom stereocenters. The average Bonchev–Trinajstić information content (AvgIpc) is 2.60. The number of fused-ring (bicyclic) bond motifs is 1. The number of hydrogen-bond donors (Lipinski definition) is 1. The van der Waals surface area contributed by atoms with Gasteiger partial charge in [-0.05, 0) is 30.9 Å². The van der Waals surface area contributed by atoms with Gasteiger partial charge in [-0.15, -0.1) is 0 Å². The van der Waals surface area contributed by atoms with Crippen LogP contribution in [0.2, 0.25) is 0 Å². The summed E-state index contributed by atoms with van der Waals surface area (Å²) in [5.74, 6) is 0.501. The lowest BCUT2D eigenvalue weighted by Gasteiger charge is -2.17. The van der Waals surface area contributed by atoms with Crippen LogP contribution in [0.5, 0.6) is 0 Å². The van der Waals surface area contributed by atoms with Crippen molar-refractivity contribution >= 4 is 0 Å². The average molecular weight is 176 g/mol. The Balaban J connectivity index is 2.28. The minimum atomic E-state index is 0.288. The lowest BCUT2D eigenvalue weighted by atomic mass is 9.96. The number of pyridine rings is 1. The lowest BCUT2D eigenvalue weighted by Crippen LogP contribution is -2.26. The van der Waals surface area contributed by atoms with Gasteiger partial charge in [0.15, 0.2) is 0 Å². The van der Waals surface area contributed by atoms with Crippen molar-refractivity contribution in [1.82, 2.24) is 4.98 Å². The zero-order valence-corrected chi connectivity index (χ0v) is 8.03. The fraction of sp³-hybridized carbons (Fsp3) is 0.545. The zero-order valence-electron chi connectivity index (χ0n) is 8.03. The summed E-state index contributed by atoms with van der Waals surface area (Å²) in [5, 5.41) is 0. The van der Waals surface area contributed by atoms with Crippen LogP contribution in [0.4, 0.5) is 0 Å². The number of hydrogen-bond acceptors (Lipinski definition) is 2. The second-order valence-electron chi connectivity index (χ2n) is 3.77. The van der Waals surface area contributed by atoms with Crippen molar-refractivity contribution in [3.63, 3.8) is 0 Å². The van der Waals surface area contributed by atoms with Crippen LogP contribution in [0, 0.1) is 0 Å².